The van der Waals surface area contributed by atoms with Gasteiger partial charge in [0.1, 0.15) is 11.5 Å². The fourth-order valence-electron chi connectivity index (χ4n) is 2.15. The second kappa shape index (κ2) is 6.89. The van der Waals surface area contributed by atoms with Crippen LogP contribution < -0.4 is 15.0 Å². The topological polar surface area (TPSA) is 70.4 Å². The minimum absolute atomic E-state index is 0.0799. The van der Waals surface area contributed by atoms with Gasteiger partial charge >= 0.3 is 0 Å². The van der Waals surface area contributed by atoms with Gasteiger partial charge in [-0.15, -0.1) is 0 Å². The Morgan fingerprint density at radius 3 is 2.59 bits per heavy atom. The average Bonchev–Trinajstić information content (AvgIpc) is 2.56. The quantitative estimate of drug-likeness (QED) is 0.765. The van der Waals surface area contributed by atoms with Crippen LogP contribution in [0.15, 0.2) is 29.1 Å². The molecule has 0 N–H and O–H groups in total. The molecular formula is C16H18N2O4. The van der Waals surface area contributed by atoms with Crippen molar-refractivity contribution in [3.63, 3.8) is 0 Å². The Bertz CT molecular complexity index is 737. The van der Waals surface area contributed by atoms with Crippen molar-refractivity contribution in [3.8, 4) is 22.8 Å². The third kappa shape index (κ3) is 3.00. The maximum Gasteiger partial charge on any atom is 0.277 e. The Morgan fingerprint density at radius 1 is 1.23 bits per heavy atom. The molecule has 0 amide bonds. The van der Waals surface area contributed by atoms with E-state index in [1.54, 1.807) is 32.4 Å². The first-order valence-corrected chi connectivity index (χ1v) is 6.94. The average molecular weight is 302 g/mol. The van der Waals surface area contributed by atoms with Crippen molar-refractivity contribution >= 4 is 6.29 Å². The summed E-state index contributed by atoms with van der Waals surface area (Å²) in [4.78, 5) is 23.2. The maximum absolute atomic E-state index is 12.0. The predicted octanol–water partition coefficient (Wildman–Crippen LogP) is 2.15. The lowest BCUT2D eigenvalue weighted by atomic mass is 10.1. The molecule has 2 aromatic rings. The number of ether oxygens (including phenoxy) is 2. The molecule has 22 heavy (non-hydrogen) atoms. The molecule has 0 bridgehead atoms. The second-order valence-corrected chi connectivity index (χ2v) is 4.70. The lowest BCUT2D eigenvalue weighted by Crippen LogP contribution is -2.26. The van der Waals surface area contributed by atoms with Crippen LogP contribution in [0.3, 0.4) is 0 Å². The number of rotatable bonds is 6. The van der Waals surface area contributed by atoms with Crippen molar-refractivity contribution < 1.29 is 14.3 Å². The molecule has 1 aromatic carbocycles. The molecule has 0 unspecified atom stereocenters. The highest BCUT2D eigenvalue weighted by molar-refractivity contribution is 5.78. The SMILES string of the molecule is CCCn1nc(-c2ccc(OC)cc2OC)cc(C=O)c1=O. The first-order chi connectivity index (χ1) is 10.6. The molecule has 0 aliphatic carbocycles. The van der Waals surface area contributed by atoms with Crippen LogP contribution in [0.1, 0.15) is 23.7 Å². The summed E-state index contributed by atoms with van der Waals surface area (Å²) in [7, 11) is 3.11. The van der Waals surface area contributed by atoms with Crippen LogP contribution >= 0.6 is 0 Å². The van der Waals surface area contributed by atoms with Crippen LogP contribution in [0, 0.1) is 0 Å². The van der Waals surface area contributed by atoms with Crippen molar-refractivity contribution in [2.24, 2.45) is 0 Å². The van der Waals surface area contributed by atoms with Gasteiger partial charge in [0.25, 0.3) is 5.56 Å². The standard InChI is InChI=1S/C16H18N2O4/c1-4-7-18-16(20)11(10-19)8-14(17-18)13-6-5-12(21-2)9-15(13)22-3/h5-6,8-10H,4,7H2,1-3H3. The fourth-order valence-corrected chi connectivity index (χ4v) is 2.15. The number of carbonyl (C=O) groups excluding carboxylic acids is 1. The number of aldehydes is 1. The Morgan fingerprint density at radius 2 is 2.00 bits per heavy atom. The zero-order valence-electron chi connectivity index (χ0n) is 12.8. The molecular weight excluding hydrogens is 284 g/mol. The zero-order chi connectivity index (χ0) is 16.1. The Kier molecular flexibility index (Phi) is 4.93. The van der Waals surface area contributed by atoms with E-state index in [0.29, 0.717) is 35.6 Å². The van der Waals surface area contributed by atoms with Crippen molar-refractivity contribution in [2.45, 2.75) is 19.9 Å². The summed E-state index contributed by atoms with van der Waals surface area (Å²) in [5.74, 6) is 1.21. The van der Waals surface area contributed by atoms with Crippen LogP contribution in [0.5, 0.6) is 11.5 Å². The van der Waals surface area contributed by atoms with Gasteiger partial charge in [0, 0.05) is 18.2 Å². The van der Waals surface area contributed by atoms with Gasteiger partial charge < -0.3 is 9.47 Å². The van der Waals surface area contributed by atoms with E-state index < -0.39 is 0 Å². The van der Waals surface area contributed by atoms with E-state index in [2.05, 4.69) is 5.10 Å². The lowest BCUT2D eigenvalue weighted by Gasteiger charge is -2.12. The van der Waals surface area contributed by atoms with E-state index in [9.17, 15) is 9.59 Å². The number of hydrogen-bond acceptors (Lipinski definition) is 5. The van der Waals surface area contributed by atoms with Gasteiger partial charge in [-0.1, -0.05) is 6.92 Å². The van der Waals surface area contributed by atoms with E-state index >= 15 is 0 Å². The number of aryl methyl sites for hydroxylation is 1. The summed E-state index contributed by atoms with van der Waals surface area (Å²) >= 11 is 0. The van der Waals surface area contributed by atoms with E-state index in [1.165, 1.54) is 10.7 Å². The normalized spacial score (nSPS) is 10.3. The number of nitrogens with zero attached hydrogens (tertiary/aromatic N) is 2. The predicted molar refractivity (Wildman–Crippen MR) is 82.7 cm³/mol. The number of methoxy groups -OCH3 is 2. The van der Waals surface area contributed by atoms with Crippen molar-refractivity contribution in [2.75, 3.05) is 14.2 Å². The van der Waals surface area contributed by atoms with Gasteiger partial charge in [0.05, 0.1) is 25.5 Å². The van der Waals surface area contributed by atoms with Gasteiger partial charge in [0.2, 0.25) is 0 Å². The minimum atomic E-state index is -0.381. The van der Waals surface area contributed by atoms with E-state index in [0.717, 1.165) is 6.42 Å². The fraction of sp³-hybridized carbons (Fsp3) is 0.312. The number of aromatic nitrogens is 2. The van der Waals surface area contributed by atoms with Crippen LogP contribution in [0.2, 0.25) is 0 Å². The third-order valence-electron chi connectivity index (χ3n) is 3.25. The highest BCUT2D eigenvalue weighted by Gasteiger charge is 2.13. The molecule has 0 saturated heterocycles. The van der Waals surface area contributed by atoms with Gasteiger partial charge in [-0.25, -0.2) is 4.68 Å². The van der Waals surface area contributed by atoms with Gasteiger partial charge in [-0.2, -0.15) is 5.10 Å². The molecule has 6 heteroatoms. The minimum Gasteiger partial charge on any atom is -0.497 e. The molecule has 0 aliphatic heterocycles. The molecule has 0 atom stereocenters. The third-order valence-corrected chi connectivity index (χ3v) is 3.25. The molecule has 116 valence electrons. The molecule has 0 fully saturated rings. The number of carbonyl (C=O) groups is 1. The Labute approximate surface area is 128 Å². The van der Waals surface area contributed by atoms with Crippen LogP contribution in [-0.2, 0) is 6.54 Å². The zero-order valence-corrected chi connectivity index (χ0v) is 12.8. The summed E-state index contributed by atoms with van der Waals surface area (Å²) in [5, 5.41) is 4.33. The number of benzene rings is 1. The maximum atomic E-state index is 12.0. The summed E-state index contributed by atoms with van der Waals surface area (Å²) in [6.07, 6.45) is 1.30. The first kappa shape index (κ1) is 15.8. The molecule has 0 spiro atoms. The molecule has 6 nitrogen and oxygen atoms in total. The molecule has 2 rings (SSSR count). The smallest absolute Gasteiger partial charge is 0.277 e. The number of hydrogen-bond donors (Lipinski definition) is 0. The van der Waals surface area contributed by atoms with Crippen LogP contribution in [0.4, 0.5) is 0 Å². The largest absolute Gasteiger partial charge is 0.497 e. The van der Waals surface area contributed by atoms with Gasteiger partial charge in [-0.05, 0) is 24.6 Å². The lowest BCUT2D eigenvalue weighted by molar-refractivity contribution is 0.112. The first-order valence-electron chi connectivity index (χ1n) is 6.94. The molecule has 1 aromatic heterocycles. The van der Waals surface area contributed by atoms with E-state index in [-0.39, 0.29) is 11.1 Å². The summed E-state index contributed by atoms with van der Waals surface area (Å²) in [6, 6.07) is 6.77. The highest BCUT2D eigenvalue weighted by atomic mass is 16.5. The molecule has 1 heterocycles. The van der Waals surface area contributed by atoms with Crippen molar-refractivity contribution in [3.05, 3.63) is 40.2 Å². The molecule has 0 radical (unpaired) electrons. The highest BCUT2D eigenvalue weighted by Crippen LogP contribution is 2.31. The molecule has 0 saturated carbocycles. The summed E-state index contributed by atoms with van der Waals surface area (Å²) in [5.41, 5.74) is 0.898. The monoisotopic (exact) mass is 302 g/mol. The molecule has 0 aliphatic rings. The Hall–Kier alpha value is -2.63. The van der Waals surface area contributed by atoms with Gasteiger partial charge in [0.15, 0.2) is 6.29 Å². The summed E-state index contributed by atoms with van der Waals surface area (Å²) in [6.45, 7) is 2.39. The van der Waals surface area contributed by atoms with Crippen molar-refractivity contribution in [1.82, 2.24) is 9.78 Å². The van der Waals surface area contributed by atoms with Crippen LogP contribution in [0.25, 0.3) is 11.3 Å². The second-order valence-electron chi connectivity index (χ2n) is 4.70. The Balaban J connectivity index is 2.64. The van der Waals surface area contributed by atoms with E-state index in [4.69, 9.17) is 9.47 Å². The van der Waals surface area contributed by atoms with Gasteiger partial charge in [-0.3, -0.25) is 9.59 Å². The summed E-state index contributed by atoms with van der Waals surface area (Å²) < 4.78 is 11.8. The van der Waals surface area contributed by atoms with E-state index in [1.807, 2.05) is 6.92 Å². The van der Waals surface area contributed by atoms with Crippen LogP contribution in [-0.4, -0.2) is 30.3 Å². The van der Waals surface area contributed by atoms with Crippen molar-refractivity contribution in [1.29, 1.82) is 0 Å².